The van der Waals surface area contributed by atoms with Gasteiger partial charge in [0.2, 0.25) is 0 Å². The van der Waals surface area contributed by atoms with Crippen molar-refractivity contribution in [2.45, 2.75) is 13.8 Å². The van der Waals surface area contributed by atoms with Gasteiger partial charge in [-0.2, -0.15) is 0 Å². The highest BCUT2D eigenvalue weighted by atomic mass is 14.9. The van der Waals surface area contributed by atoms with E-state index < -0.39 is 0 Å². The van der Waals surface area contributed by atoms with Crippen LogP contribution in [0.25, 0.3) is 5.57 Å². The molecule has 1 aromatic rings. The minimum atomic E-state index is 0.250. The molecule has 74 valence electrons. The van der Waals surface area contributed by atoms with Crippen molar-refractivity contribution in [2.75, 3.05) is 13.1 Å². The lowest BCUT2D eigenvalue weighted by molar-refractivity contribution is 0.446. The van der Waals surface area contributed by atoms with Gasteiger partial charge in [0, 0.05) is 18.5 Å². The molecule has 0 saturated carbocycles. The molecule has 0 radical (unpaired) electrons. The molecule has 0 atom stereocenters. The fourth-order valence-corrected chi connectivity index (χ4v) is 2.06. The van der Waals surface area contributed by atoms with Gasteiger partial charge >= 0.3 is 0 Å². The van der Waals surface area contributed by atoms with Crippen molar-refractivity contribution in [3.63, 3.8) is 0 Å². The fraction of sp³-hybridized carbons (Fsp3) is 0.385. The van der Waals surface area contributed by atoms with Gasteiger partial charge in [0.1, 0.15) is 0 Å². The highest BCUT2D eigenvalue weighted by molar-refractivity contribution is 5.70. The molecule has 1 heteroatoms. The van der Waals surface area contributed by atoms with Crippen LogP contribution in [0.15, 0.2) is 36.4 Å². The summed E-state index contributed by atoms with van der Waals surface area (Å²) in [6.45, 7) is 6.64. The molecule has 1 aliphatic heterocycles. The monoisotopic (exact) mass is 187 g/mol. The minimum absolute atomic E-state index is 0.250. The van der Waals surface area contributed by atoms with E-state index in [1.54, 1.807) is 0 Å². The van der Waals surface area contributed by atoms with Crippen LogP contribution in [0.1, 0.15) is 19.4 Å². The Kier molecular flexibility index (Phi) is 2.42. The van der Waals surface area contributed by atoms with Crippen molar-refractivity contribution in [3.05, 3.63) is 42.0 Å². The van der Waals surface area contributed by atoms with E-state index in [-0.39, 0.29) is 5.41 Å². The third-order valence-corrected chi connectivity index (χ3v) is 2.83. The van der Waals surface area contributed by atoms with E-state index in [0.717, 1.165) is 13.1 Å². The Morgan fingerprint density at radius 1 is 1.14 bits per heavy atom. The van der Waals surface area contributed by atoms with Gasteiger partial charge in [-0.15, -0.1) is 0 Å². The summed E-state index contributed by atoms with van der Waals surface area (Å²) in [5.41, 5.74) is 3.08. The summed E-state index contributed by atoms with van der Waals surface area (Å²) in [4.78, 5) is 0. The van der Waals surface area contributed by atoms with Gasteiger partial charge in [-0.3, -0.25) is 0 Å². The molecule has 0 fully saturated rings. The zero-order valence-electron chi connectivity index (χ0n) is 8.88. The molecule has 0 amide bonds. The number of nitrogens with one attached hydrogen (secondary N) is 1. The second kappa shape index (κ2) is 3.58. The maximum Gasteiger partial charge on any atom is 0.0141 e. The second-order valence-electron chi connectivity index (χ2n) is 4.50. The lowest BCUT2D eigenvalue weighted by Gasteiger charge is -2.32. The summed E-state index contributed by atoms with van der Waals surface area (Å²) in [5, 5.41) is 3.40. The van der Waals surface area contributed by atoms with E-state index in [4.69, 9.17) is 0 Å². The van der Waals surface area contributed by atoms with Crippen LogP contribution >= 0.6 is 0 Å². The van der Waals surface area contributed by atoms with Crippen molar-refractivity contribution in [2.24, 2.45) is 5.41 Å². The average Bonchev–Trinajstić information content (AvgIpc) is 2.18. The summed E-state index contributed by atoms with van der Waals surface area (Å²) >= 11 is 0. The Hall–Kier alpha value is -1.08. The average molecular weight is 187 g/mol. The molecule has 1 aromatic carbocycles. The SMILES string of the molecule is CC1(C)CNCC=C1c1ccccc1. The van der Waals surface area contributed by atoms with E-state index >= 15 is 0 Å². The van der Waals surface area contributed by atoms with Gasteiger partial charge in [0.25, 0.3) is 0 Å². The Morgan fingerprint density at radius 3 is 2.50 bits per heavy atom. The molecule has 14 heavy (non-hydrogen) atoms. The normalized spacial score (nSPS) is 20.3. The van der Waals surface area contributed by atoms with Gasteiger partial charge in [-0.05, 0) is 11.1 Å². The predicted molar refractivity (Wildman–Crippen MR) is 61.1 cm³/mol. The largest absolute Gasteiger partial charge is 0.312 e. The second-order valence-corrected chi connectivity index (χ2v) is 4.50. The standard InChI is InChI=1S/C13H17N/c1-13(2)10-14-9-8-12(13)11-6-4-3-5-7-11/h3-8,14H,9-10H2,1-2H3. The highest BCUT2D eigenvalue weighted by Gasteiger charge is 2.26. The maximum atomic E-state index is 3.40. The molecule has 0 aliphatic carbocycles. The first kappa shape index (κ1) is 9.47. The van der Waals surface area contributed by atoms with Gasteiger partial charge < -0.3 is 5.32 Å². The molecular weight excluding hydrogens is 170 g/mol. The first-order chi connectivity index (χ1) is 6.70. The van der Waals surface area contributed by atoms with Crippen LogP contribution in [-0.2, 0) is 0 Å². The van der Waals surface area contributed by atoms with Crippen molar-refractivity contribution < 1.29 is 0 Å². The molecule has 0 saturated heterocycles. The quantitative estimate of drug-likeness (QED) is 0.712. The molecule has 0 bridgehead atoms. The smallest absolute Gasteiger partial charge is 0.0141 e. The van der Waals surface area contributed by atoms with Gasteiger partial charge in [0.15, 0.2) is 0 Å². The Morgan fingerprint density at radius 2 is 1.86 bits per heavy atom. The number of hydrogen-bond donors (Lipinski definition) is 1. The van der Waals surface area contributed by atoms with Crippen LogP contribution in [0, 0.1) is 5.41 Å². The van der Waals surface area contributed by atoms with E-state index in [0.29, 0.717) is 0 Å². The summed E-state index contributed by atoms with van der Waals surface area (Å²) in [6, 6.07) is 10.7. The van der Waals surface area contributed by atoms with Crippen molar-refractivity contribution in [1.29, 1.82) is 0 Å². The van der Waals surface area contributed by atoms with Crippen molar-refractivity contribution in [3.8, 4) is 0 Å². The fourth-order valence-electron chi connectivity index (χ4n) is 2.06. The first-order valence-corrected chi connectivity index (χ1v) is 5.17. The van der Waals surface area contributed by atoms with Crippen molar-refractivity contribution >= 4 is 5.57 Å². The summed E-state index contributed by atoms with van der Waals surface area (Å²) < 4.78 is 0. The third-order valence-electron chi connectivity index (χ3n) is 2.83. The van der Waals surface area contributed by atoms with Gasteiger partial charge in [-0.1, -0.05) is 50.3 Å². The zero-order valence-corrected chi connectivity index (χ0v) is 8.88. The Labute approximate surface area is 85.8 Å². The number of benzene rings is 1. The first-order valence-electron chi connectivity index (χ1n) is 5.17. The molecule has 1 N–H and O–H groups in total. The van der Waals surface area contributed by atoms with Crippen molar-refractivity contribution in [1.82, 2.24) is 5.32 Å². The van der Waals surface area contributed by atoms with E-state index in [2.05, 4.69) is 55.6 Å². The lowest BCUT2D eigenvalue weighted by atomic mass is 9.78. The maximum absolute atomic E-state index is 3.40. The molecule has 1 nitrogen and oxygen atoms in total. The number of hydrogen-bond acceptors (Lipinski definition) is 1. The molecule has 2 rings (SSSR count). The van der Waals surface area contributed by atoms with Gasteiger partial charge in [-0.25, -0.2) is 0 Å². The van der Waals surface area contributed by atoms with E-state index in [1.807, 2.05) is 0 Å². The summed E-state index contributed by atoms with van der Waals surface area (Å²) in [7, 11) is 0. The molecule has 1 aliphatic rings. The van der Waals surface area contributed by atoms with Crippen LogP contribution < -0.4 is 5.32 Å². The van der Waals surface area contributed by atoms with E-state index in [9.17, 15) is 0 Å². The van der Waals surface area contributed by atoms with Crippen LogP contribution in [0.2, 0.25) is 0 Å². The van der Waals surface area contributed by atoms with Crippen LogP contribution in [0.3, 0.4) is 0 Å². The van der Waals surface area contributed by atoms with E-state index in [1.165, 1.54) is 11.1 Å². The lowest BCUT2D eigenvalue weighted by Crippen LogP contribution is -2.35. The Balaban J connectivity index is 2.38. The van der Waals surface area contributed by atoms with Crippen LogP contribution in [0.5, 0.6) is 0 Å². The van der Waals surface area contributed by atoms with Crippen LogP contribution in [0.4, 0.5) is 0 Å². The zero-order chi connectivity index (χ0) is 10.0. The molecule has 0 aromatic heterocycles. The number of rotatable bonds is 1. The Bertz CT molecular complexity index is 336. The molecular formula is C13H17N. The summed E-state index contributed by atoms with van der Waals surface area (Å²) in [6.07, 6.45) is 2.30. The van der Waals surface area contributed by atoms with Crippen LogP contribution in [-0.4, -0.2) is 13.1 Å². The topological polar surface area (TPSA) is 12.0 Å². The summed E-state index contributed by atoms with van der Waals surface area (Å²) in [5.74, 6) is 0. The van der Waals surface area contributed by atoms with Gasteiger partial charge in [0.05, 0.1) is 0 Å². The molecule has 0 unspecified atom stereocenters. The third kappa shape index (κ3) is 1.73. The minimum Gasteiger partial charge on any atom is -0.312 e. The molecule has 0 spiro atoms. The highest BCUT2D eigenvalue weighted by Crippen LogP contribution is 2.35. The molecule has 1 heterocycles. The predicted octanol–water partition coefficient (Wildman–Crippen LogP) is 2.70.